The SMILES string of the molecule is O=C(O)CC(O)(CC(=O)O)C(=O)O.O=C[O-].O=C[O-].[Ca+2]. The average molecular weight is 322 g/mol. The molecule has 0 rings (SSSR count). The van der Waals surface area contributed by atoms with Gasteiger partial charge in [-0.1, -0.05) is 0 Å². The maximum absolute atomic E-state index is 10.3. The summed E-state index contributed by atoms with van der Waals surface area (Å²) in [6.45, 7) is -1.00. The number of carbonyl (C=O) groups excluding carboxylic acids is 2. The predicted molar refractivity (Wildman–Crippen MR) is 55.0 cm³/mol. The van der Waals surface area contributed by atoms with Crippen molar-refractivity contribution in [2.45, 2.75) is 18.4 Å². The zero-order chi connectivity index (χ0) is 16.1. The van der Waals surface area contributed by atoms with Crippen molar-refractivity contribution in [3.05, 3.63) is 0 Å². The van der Waals surface area contributed by atoms with Crippen LogP contribution in [0.1, 0.15) is 12.8 Å². The van der Waals surface area contributed by atoms with Crippen molar-refractivity contribution in [2.24, 2.45) is 0 Å². The zero-order valence-corrected chi connectivity index (χ0v) is 12.1. The van der Waals surface area contributed by atoms with Gasteiger partial charge >= 0.3 is 55.6 Å². The second kappa shape index (κ2) is 15.6. The second-order valence-corrected chi connectivity index (χ2v) is 2.67. The minimum atomic E-state index is -2.74. The van der Waals surface area contributed by atoms with Crippen LogP contribution in [0.15, 0.2) is 0 Å². The molecule has 110 valence electrons. The molecule has 0 fully saturated rings. The molecule has 0 spiro atoms. The minimum Gasteiger partial charge on any atom is -0.554 e. The molecule has 0 aromatic rings. The number of carbonyl (C=O) groups is 5. The molecule has 0 aliphatic rings. The first-order chi connectivity index (χ1) is 8.60. The Labute approximate surface area is 141 Å². The van der Waals surface area contributed by atoms with Crippen molar-refractivity contribution in [1.29, 1.82) is 0 Å². The molecule has 0 radical (unpaired) electrons. The summed E-state index contributed by atoms with van der Waals surface area (Å²) >= 11 is 0. The van der Waals surface area contributed by atoms with Crippen LogP contribution in [0, 0.1) is 0 Å². The van der Waals surface area contributed by atoms with Crippen LogP contribution >= 0.6 is 0 Å². The van der Waals surface area contributed by atoms with Crippen LogP contribution in [-0.2, 0) is 24.0 Å². The van der Waals surface area contributed by atoms with E-state index in [1.54, 1.807) is 0 Å². The van der Waals surface area contributed by atoms with Crippen LogP contribution in [0.4, 0.5) is 0 Å². The van der Waals surface area contributed by atoms with Gasteiger partial charge in [-0.2, -0.15) is 0 Å². The number of carboxylic acids is 3. The van der Waals surface area contributed by atoms with Crippen molar-refractivity contribution < 1.29 is 54.6 Å². The van der Waals surface area contributed by atoms with Crippen LogP contribution in [0.3, 0.4) is 0 Å². The quantitative estimate of drug-likeness (QED) is 0.278. The molecule has 0 atom stereocenters. The molecule has 0 saturated heterocycles. The fourth-order valence-electron chi connectivity index (χ4n) is 0.714. The van der Waals surface area contributed by atoms with Crippen LogP contribution in [0.2, 0.25) is 0 Å². The Kier molecular flexibility index (Phi) is 21.1. The predicted octanol–water partition coefficient (Wildman–Crippen LogP) is -4.90. The van der Waals surface area contributed by atoms with E-state index in [0.29, 0.717) is 0 Å². The number of aliphatic carboxylic acids is 3. The van der Waals surface area contributed by atoms with Gasteiger partial charge in [0, 0.05) is 12.9 Å². The molecule has 0 aliphatic carbocycles. The van der Waals surface area contributed by atoms with Gasteiger partial charge in [-0.3, -0.25) is 9.59 Å². The molecule has 0 bridgehead atoms. The van der Waals surface area contributed by atoms with Crippen molar-refractivity contribution in [1.82, 2.24) is 0 Å². The summed E-state index contributed by atoms with van der Waals surface area (Å²) in [6.07, 6.45) is -2.29. The molecule has 11 nitrogen and oxygen atoms in total. The third-order valence-corrected chi connectivity index (χ3v) is 1.29. The molecule has 0 heterocycles. The molecule has 0 saturated carbocycles. The molecule has 0 amide bonds. The Bertz CT molecular complexity index is 304. The summed E-state index contributed by atoms with van der Waals surface area (Å²) in [7, 11) is 0. The topological polar surface area (TPSA) is 212 Å². The number of carboxylic acid groups (broad SMARTS) is 5. The van der Waals surface area contributed by atoms with Crippen LogP contribution in [-0.4, -0.2) is 94.6 Å². The number of aliphatic hydroxyl groups is 1. The standard InChI is InChI=1S/C6H8O7.2CH2O2.Ca/c7-3(8)1-6(13,5(11)12)2-4(9)10;2*2-1-3;/h13H,1-2H2,(H,7,8)(H,9,10)(H,11,12);2*1H,(H,2,3);/q;;;+2/p-2. The van der Waals surface area contributed by atoms with Crippen molar-refractivity contribution in [2.75, 3.05) is 0 Å². The monoisotopic (exact) mass is 322 g/mol. The van der Waals surface area contributed by atoms with Gasteiger partial charge in [-0.15, -0.1) is 0 Å². The summed E-state index contributed by atoms with van der Waals surface area (Å²) in [4.78, 5) is 47.0. The Morgan fingerprint density at radius 3 is 1.20 bits per heavy atom. The van der Waals surface area contributed by atoms with E-state index in [0.717, 1.165) is 0 Å². The van der Waals surface area contributed by atoms with E-state index in [-0.39, 0.29) is 37.7 Å². The third-order valence-electron chi connectivity index (χ3n) is 1.29. The zero-order valence-electron chi connectivity index (χ0n) is 9.92. The Morgan fingerprint density at radius 2 is 1.10 bits per heavy atom. The van der Waals surface area contributed by atoms with E-state index >= 15 is 0 Å². The van der Waals surface area contributed by atoms with Crippen LogP contribution < -0.4 is 10.2 Å². The minimum absolute atomic E-state index is 0. The maximum Gasteiger partial charge on any atom is 2.00 e. The van der Waals surface area contributed by atoms with Crippen molar-refractivity contribution in [3.63, 3.8) is 0 Å². The molecular weight excluding hydrogens is 312 g/mol. The maximum atomic E-state index is 10.3. The van der Waals surface area contributed by atoms with Gasteiger partial charge in [-0.05, 0) is 0 Å². The Morgan fingerprint density at radius 1 is 0.900 bits per heavy atom. The van der Waals surface area contributed by atoms with E-state index in [9.17, 15) is 14.4 Å². The van der Waals surface area contributed by atoms with Gasteiger partial charge in [0.15, 0.2) is 5.60 Å². The molecule has 4 N–H and O–H groups in total. The van der Waals surface area contributed by atoms with E-state index in [2.05, 4.69) is 0 Å². The third kappa shape index (κ3) is 18.9. The fourth-order valence-corrected chi connectivity index (χ4v) is 0.714. The summed E-state index contributed by atoms with van der Waals surface area (Å²) in [5.41, 5.74) is -2.74. The first kappa shape index (κ1) is 27.0. The molecule has 0 unspecified atom stereocenters. The largest absolute Gasteiger partial charge is 2.00 e. The molecular formula is C8H10CaO11. The van der Waals surface area contributed by atoms with Gasteiger partial charge < -0.3 is 40.2 Å². The molecule has 0 aromatic carbocycles. The van der Waals surface area contributed by atoms with Gasteiger partial charge in [0.25, 0.3) is 0 Å². The van der Waals surface area contributed by atoms with Gasteiger partial charge in [-0.25, -0.2) is 4.79 Å². The average Bonchev–Trinajstić information content (AvgIpc) is 2.16. The van der Waals surface area contributed by atoms with Gasteiger partial charge in [0.05, 0.1) is 12.8 Å². The summed E-state index contributed by atoms with van der Waals surface area (Å²) in [5.74, 6) is -5.02. The second-order valence-electron chi connectivity index (χ2n) is 2.67. The normalized spacial score (nSPS) is 8.25. The van der Waals surface area contributed by atoms with Crippen LogP contribution in [0.5, 0.6) is 0 Å². The van der Waals surface area contributed by atoms with E-state index in [1.807, 2.05) is 0 Å². The van der Waals surface area contributed by atoms with Crippen LogP contribution in [0.25, 0.3) is 0 Å². The number of hydrogen-bond donors (Lipinski definition) is 4. The fraction of sp³-hybridized carbons (Fsp3) is 0.375. The number of rotatable bonds is 5. The van der Waals surface area contributed by atoms with Gasteiger partial charge in [0.2, 0.25) is 0 Å². The smallest absolute Gasteiger partial charge is 0.554 e. The van der Waals surface area contributed by atoms with Gasteiger partial charge in [0.1, 0.15) is 0 Å². The Balaban J connectivity index is -0.000000156. The number of hydrogen-bond acceptors (Lipinski definition) is 8. The first-order valence-electron chi connectivity index (χ1n) is 4.11. The van der Waals surface area contributed by atoms with E-state index in [1.165, 1.54) is 0 Å². The first-order valence-corrected chi connectivity index (χ1v) is 4.11. The van der Waals surface area contributed by atoms with Crippen molar-refractivity contribution >= 4 is 68.6 Å². The summed E-state index contributed by atoms with van der Waals surface area (Å²) in [5, 5.41) is 50.3. The molecule has 0 aromatic heterocycles. The molecule has 12 heteroatoms. The van der Waals surface area contributed by atoms with Crippen molar-refractivity contribution in [3.8, 4) is 0 Å². The molecule has 0 aliphatic heterocycles. The summed E-state index contributed by atoms with van der Waals surface area (Å²) in [6, 6.07) is 0. The Hall–Kier alpha value is -1.43. The molecule has 20 heavy (non-hydrogen) atoms. The van der Waals surface area contributed by atoms with E-state index in [4.69, 9.17) is 40.2 Å². The van der Waals surface area contributed by atoms with E-state index < -0.39 is 49.3 Å². The summed E-state index contributed by atoms with van der Waals surface area (Å²) < 4.78 is 0.